The number of carbonyl (C=O) groups excluding carboxylic acids is 1. The van der Waals surface area contributed by atoms with Gasteiger partial charge in [-0.05, 0) is 31.2 Å². The Balaban J connectivity index is 1.81. The molecule has 1 aliphatic carbocycles. The van der Waals surface area contributed by atoms with Crippen molar-refractivity contribution in [2.24, 2.45) is 0 Å². The molecule has 0 amide bonds. The predicted molar refractivity (Wildman–Crippen MR) is 106 cm³/mol. The Labute approximate surface area is 156 Å². The van der Waals surface area contributed by atoms with E-state index in [-0.39, 0.29) is 11.4 Å². The van der Waals surface area contributed by atoms with Crippen LogP contribution in [0.15, 0.2) is 70.7 Å². The number of carbonyl (C=O) groups is 1. The molecule has 0 spiro atoms. The standard InChI is InChI=1S/C22H20N2O3/c1-2-27-22(26)17-13-19-16(12-20(17)23-14-8-4-3-5-9-14)21(25)15-10-6-7-11-18(15)24-19/h3-11,23H,2,12-13H2,1H3,(H,24,25). The smallest absolute Gasteiger partial charge is 0.336 e. The second-order valence-corrected chi connectivity index (χ2v) is 6.48. The van der Waals surface area contributed by atoms with Crippen LogP contribution in [-0.4, -0.2) is 17.6 Å². The van der Waals surface area contributed by atoms with Crippen molar-refractivity contribution in [3.8, 4) is 0 Å². The molecule has 0 aliphatic heterocycles. The van der Waals surface area contributed by atoms with Crippen LogP contribution in [0.1, 0.15) is 18.2 Å². The number of para-hydroxylation sites is 2. The van der Waals surface area contributed by atoms with E-state index in [1.54, 1.807) is 6.92 Å². The van der Waals surface area contributed by atoms with Gasteiger partial charge in [0, 0.05) is 46.4 Å². The number of allylic oxidation sites excluding steroid dienone is 1. The third kappa shape index (κ3) is 3.24. The molecule has 5 nitrogen and oxygen atoms in total. The summed E-state index contributed by atoms with van der Waals surface area (Å²) < 4.78 is 5.25. The van der Waals surface area contributed by atoms with E-state index in [1.165, 1.54) is 0 Å². The number of benzene rings is 2. The summed E-state index contributed by atoms with van der Waals surface area (Å²) in [6.45, 7) is 2.09. The monoisotopic (exact) mass is 360 g/mol. The lowest BCUT2D eigenvalue weighted by Gasteiger charge is -2.23. The molecule has 4 rings (SSSR count). The zero-order valence-electron chi connectivity index (χ0n) is 15.0. The Morgan fingerprint density at radius 3 is 2.59 bits per heavy atom. The zero-order chi connectivity index (χ0) is 18.8. The van der Waals surface area contributed by atoms with Crippen molar-refractivity contribution in [1.29, 1.82) is 0 Å². The number of esters is 1. The molecule has 0 saturated heterocycles. The highest BCUT2D eigenvalue weighted by atomic mass is 16.5. The molecule has 1 aliphatic rings. The zero-order valence-corrected chi connectivity index (χ0v) is 15.0. The topological polar surface area (TPSA) is 71.2 Å². The van der Waals surface area contributed by atoms with Crippen LogP contribution in [0, 0.1) is 0 Å². The SMILES string of the molecule is CCOC(=O)C1=C(Nc2ccccc2)Cc2c([nH]c3ccccc3c2=O)C1. The van der Waals surface area contributed by atoms with Gasteiger partial charge in [0.25, 0.3) is 0 Å². The van der Waals surface area contributed by atoms with Gasteiger partial charge >= 0.3 is 5.97 Å². The average molecular weight is 360 g/mol. The van der Waals surface area contributed by atoms with E-state index in [1.807, 2.05) is 54.6 Å². The Bertz CT molecular complexity index is 1100. The van der Waals surface area contributed by atoms with Crippen LogP contribution in [0.25, 0.3) is 10.9 Å². The van der Waals surface area contributed by atoms with Gasteiger partial charge in [0.1, 0.15) is 0 Å². The van der Waals surface area contributed by atoms with Gasteiger partial charge in [-0.1, -0.05) is 30.3 Å². The van der Waals surface area contributed by atoms with Crippen LogP contribution in [0.3, 0.4) is 0 Å². The van der Waals surface area contributed by atoms with Gasteiger partial charge in [0.15, 0.2) is 5.43 Å². The number of fused-ring (bicyclic) bond motifs is 2. The van der Waals surface area contributed by atoms with Crippen LogP contribution >= 0.6 is 0 Å². The molecule has 2 aromatic carbocycles. The summed E-state index contributed by atoms with van der Waals surface area (Å²) in [5.41, 5.74) is 4.40. The minimum absolute atomic E-state index is 0.00891. The summed E-state index contributed by atoms with van der Waals surface area (Å²) in [7, 11) is 0. The van der Waals surface area contributed by atoms with Gasteiger partial charge in [-0.3, -0.25) is 4.79 Å². The normalized spacial score (nSPS) is 13.4. The highest BCUT2D eigenvalue weighted by molar-refractivity contribution is 5.91. The minimum Gasteiger partial charge on any atom is -0.463 e. The number of nitrogens with one attached hydrogen (secondary N) is 2. The van der Waals surface area contributed by atoms with Crippen LogP contribution in [0.4, 0.5) is 5.69 Å². The van der Waals surface area contributed by atoms with Gasteiger partial charge < -0.3 is 15.0 Å². The van der Waals surface area contributed by atoms with Gasteiger partial charge in [-0.15, -0.1) is 0 Å². The third-order valence-electron chi connectivity index (χ3n) is 4.76. The Hall–Kier alpha value is -3.34. The molecule has 0 bridgehead atoms. The van der Waals surface area contributed by atoms with E-state index < -0.39 is 0 Å². The second-order valence-electron chi connectivity index (χ2n) is 6.48. The van der Waals surface area contributed by atoms with E-state index >= 15 is 0 Å². The number of aromatic amines is 1. The predicted octanol–water partition coefficient (Wildman–Crippen LogP) is 3.56. The Morgan fingerprint density at radius 2 is 1.81 bits per heavy atom. The first-order chi connectivity index (χ1) is 13.2. The maximum atomic E-state index is 13.0. The van der Waals surface area contributed by atoms with Crippen molar-refractivity contribution in [2.75, 3.05) is 11.9 Å². The minimum atomic E-state index is -0.351. The molecule has 1 aromatic heterocycles. The Kier molecular flexibility index (Phi) is 4.50. The maximum Gasteiger partial charge on any atom is 0.336 e. The summed E-state index contributed by atoms with van der Waals surface area (Å²) in [5, 5.41) is 3.97. The highest BCUT2D eigenvalue weighted by Gasteiger charge is 2.27. The van der Waals surface area contributed by atoms with E-state index in [4.69, 9.17) is 4.74 Å². The van der Waals surface area contributed by atoms with Crippen molar-refractivity contribution >= 4 is 22.6 Å². The summed E-state index contributed by atoms with van der Waals surface area (Å²) in [6, 6.07) is 17.1. The van der Waals surface area contributed by atoms with Gasteiger partial charge in [0.05, 0.1) is 12.2 Å². The maximum absolute atomic E-state index is 13.0. The van der Waals surface area contributed by atoms with Crippen molar-refractivity contribution < 1.29 is 9.53 Å². The lowest BCUT2D eigenvalue weighted by Crippen LogP contribution is -2.27. The van der Waals surface area contributed by atoms with Crippen LogP contribution in [0.5, 0.6) is 0 Å². The highest BCUT2D eigenvalue weighted by Crippen LogP contribution is 2.27. The quantitative estimate of drug-likeness (QED) is 0.698. The lowest BCUT2D eigenvalue weighted by atomic mass is 9.91. The number of anilines is 1. The number of rotatable bonds is 4. The summed E-state index contributed by atoms with van der Waals surface area (Å²) in [4.78, 5) is 28.9. The van der Waals surface area contributed by atoms with Gasteiger partial charge in [0.2, 0.25) is 0 Å². The Morgan fingerprint density at radius 1 is 1.07 bits per heavy atom. The number of hydrogen-bond donors (Lipinski definition) is 2. The van der Waals surface area contributed by atoms with Crippen molar-refractivity contribution in [3.05, 3.63) is 87.3 Å². The first-order valence-corrected chi connectivity index (χ1v) is 9.01. The lowest BCUT2D eigenvalue weighted by molar-refractivity contribution is -0.138. The molecule has 0 atom stereocenters. The van der Waals surface area contributed by atoms with E-state index in [9.17, 15) is 9.59 Å². The molecular formula is C22H20N2O3. The molecule has 0 saturated carbocycles. The molecule has 0 unspecified atom stereocenters. The first-order valence-electron chi connectivity index (χ1n) is 9.01. The van der Waals surface area contributed by atoms with E-state index in [2.05, 4.69) is 10.3 Å². The van der Waals surface area contributed by atoms with E-state index in [0.29, 0.717) is 41.7 Å². The largest absolute Gasteiger partial charge is 0.463 e. The molecule has 2 N–H and O–H groups in total. The second kappa shape index (κ2) is 7.11. The van der Waals surface area contributed by atoms with Crippen molar-refractivity contribution in [3.63, 3.8) is 0 Å². The number of ether oxygens (including phenoxy) is 1. The van der Waals surface area contributed by atoms with Crippen molar-refractivity contribution in [2.45, 2.75) is 19.8 Å². The molecule has 136 valence electrons. The molecule has 3 aromatic rings. The summed E-state index contributed by atoms with van der Waals surface area (Å²) in [5.74, 6) is -0.351. The first kappa shape index (κ1) is 17.1. The van der Waals surface area contributed by atoms with Crippen molar-refractivity contribution in [1.82, 2.24) is 4.98 Å². The van der Waals surface area contributed by atoms with Gasteiger partial charge in [-0.25, -0.2) is 4.79 Å². The fourth-order valence-corrected chi connectivity index (χ4v) is 3.46. The van der Waals surface area contributed by atoms with Crippen LogP contribution < -0.4 is 10.7 Å². The fourth-order valence-electron chi connectivity index (χ4n) is 3.46. The fraction of sp³-hybridized carbons (Fsp3) is 0.182. The molecule has 5 heteroatoms. The summed E-state index contributed by atoms with van der Waals surface area (Å²) in [6.07, 6.45) is 0.696. The third-order valence-corrected chi connectivity index (χ3v) is 4.76. The molecule has 1 heterocycles. The number of H-pyrrole nitrogens is 1. The average Bonchev–Trinajstić information content (AvgIpc) is 2.69. The van der Waals surface area contributed by atoms with Crippen LogP contribution in [-0.2, 0) is 22.4 Å². The number of pyridine rings is 1. The van der Waals surface area contributed by atoms with Gasteiger partial charge in [-0.2, -0.15) is 0 Å². The summed E-state index contributed by atoms with van der Waals surface area (Å²) >= 11 is 0. The molecular weight excluding hydrogens is 340 g/mol. The van der Waals surface area contributed by atoms with Crippen LogP contribution in [0.2, 0.25) is 0 Å². The van der Waals surface area contributed by atoms with E-state index in [0.717, 1.165) is 16.9 Å². The number of hydrogen-bond acceptors (Lipinski definition) is 4. The number of aromatic nitrogens is 1. The molecule has 27 heavy (non-hydrogen) atoms. The molecule has 0 radical (unpaired) electrons. The molecule has 0 fully saturated rings.